The molecule has 0 N–H and O–H groups in total. The largest absolute Gasteiger partial charge is 0.490 e. The first-order valence-electron chi connectivity index (χ1n) is 11.3. The Morgan fingerprint density at radius 2 is 1.86 bits per heavy atom. The van der Waals surface area contributed by atoms with Crippen molar-refractivity contribution in [1.29, 1.82) is 0 Å². The molecule has 0 unspecified atom stereocenters. The zero-order valence-corrected chi connectivity index (χ0v) is 22.9. The van der Waals surface area contributed by atoms with Crippen LogP contribution in [0.1, 0.15) is 19.4 Å². The standard InChI is InChI=1S/C27H19Br2N3O5/c1-3-35-21-13-17(23(28)24(29)25(21)36-15(2)33)14-30-32-26(22-12-16-8-4-7-11-20(16)37-22)31-19-10-6-5-9-18(19)27(32)34/h4-14H,3H2,1-2H3. The van der Waals surface area contributed by atoms with Gasteiger partial charge in [-0.3, -0.25) is 9.59 Å². The van der Waals surface area contributed by atoms with Crippen LogP contribution in [0.3, 0.4) is 0 Å². The number of hydrogen-bond donors (Lipinski definition) is 0. The van der Waals surface area contributed by atoms with Gasteiger partial charge in [0.2, 0.25) is 5.82 Å². The number of rotatable bonds is 6. The Morgan fingerprint density at radius 3 is 2.62 bits per heavy atom. The van der Waals surface area contributed by atoms with Crippen LogP contribution >= 0.6 is 31.9 Å². The fraction of sp³-hybridized carbons (Fsp3) is 0.111. The van der Waals surface area contributed by atoms with Gasteiger partial charge in [-0.25, -0.2) is 4.98 Å². The number of halogens is 2. The average Bonchev–Trinajstić information content (AvgIpc) is 3.32. The minimum absolute atomic E-state index is 0.242. The van der Waals surface area contributed by atoms with Crippen LogP contribution in [-0.4, -0.2) is 28.5 Å². The summed E-state index contributed by atoms with van der Waals surface area (Å²) in [5.74, 6) is 0.760. The van der Waals surface area contributed by atoms with Gasteiger partial charge in [-0.15, -0.1) is 0 Å². The van der Waals surface area contributed by atoms with Crippen molar-refractivity contribution in [3.8, 4) is 23.1 Å². The van der Waals surface area contributed by atoms with Crippen LogP contribution in [0.15, 0.2) is 83.9 Å². The van der Waals surface area contributed by atoms with Gasteiger partial charge in [0.1, 0.15) is 5.58 Å². The number of aromatic nitrogens is 2. The van der Waals surface area contributed by atoms with E-state index in [0.29, 0.717) is 49.1 Å². The SMILES string of the molecule is CCOc1cc(C=Nn2c(-c3cc4ccccc4o3)nc3ccccc3c2=O)c(Br)c(Br)c1OC(C)=O. The summed E-state index contributed by atoms with van der Waals surface area (Å²) in [6.07, 6.45) is 1.50. The van der Waals surface area contributed by atoms with Gasteiger partial charge in [-0.05, 0) is 69.1 Å². The lowest BCUT2D eigenvalue weighted by atomic mass is 10.2. The fourth-order valence-corrected chi connectivity index (χ4v) is 4.70. The topological polar surface area (TPSA) is 95.9 Å². The summed E-state index contributed by atoms with van der Waals surface area (Å²) < 4.78 is 19.3. The van der Waals surface area contributed by atoms with Crippen molar-refractivity contribution in [2.24, 2.45) is 5.10 Å². The van der Waals surface area contributed by atoms with Crippen LogP contribution in [-0.2, 0) is 4.79 Å². The van der Waals surface area contributed by atoms with Gasteiger partial charge in [-0.2, -0.15) is 9.78 Å². The minimum Gasteiger partial charge on any atom is -0.490 e. The molecule has 0 fully saturated rings. The summed E-state index contributed by atoms with van der Waals surface area (Å²) in [4.78, 5) is 29.8. The molecule has 0 saturated carbocycles. The Labute approximate surface area is 227 Å². The number of carbonyl (C=O) groups excluding carboxylic acids is 1. The van der Waals surface area contributed by atoms with Crippen molar-refractivity contribution in [1.82, 2.24) is 9.66 Å². The quantitative estimate of drug-likeness (QED) is 0.121. The van der Waals surface area contributed by atoms with Crippen molar-refractivity contribution in [3.05, 3.63) is 85.5 Å². The van der Waals surface area contributed by atoms with Crippen LogP contribution < -0.4 is 15.0 Å². The third kappa shape index (κ3) is 4.82. The van der Waals surface area contributed by atoms with Gasteiger partial charge < -0.3 is 13.9 Å². The second kappa shape index (κ2) is 10.3. The van der Waals surface area contributed by atoms with Crippen molar-refractivity contribution >= 4 is 65.9 Å². The summed E-state index contributed by atoms with van der Waals surface area (Å²) >= 11 is 6.98. The van der Waals surface area contributed by atoms with E-state index in [0.717, 1.165) is 5.39 Å². The van der Waals surface area contributed by atoms with Crippen LogP contribution in [0.2, 0.25) is 0 Å². The number of ether oxygens (including phenoxy) is 2. The number of furan rings is 1. The number of benzene rings is 3. The first-order chi connectivity index (χ1) is 17.9. The van der Waals surface area contributed by atoms with Gasteiger partial charge in [0.05, 0.1) is 28.2 Å². The Hall–Kier alpha value is -3.76. The predicted octanol–water partition coefficient (Wildman–Crippen LogP) is 6.54. The fourth-order valence-electron chi connectivity index (χ4n) is 3.80. The highest BCUT2D eigenvalue weighted by Crippen LogP contribution is 2.42. The number of fused-ring (bicyclic) bond motifs is 2. The molecule has 2 aromatic heterocycles. The zero-order valence-electron chi connectivity index (χ0n) is 19.7. The van der Waals surface area contributed by atoms with Gasteiger partial charge in [0.15, 0.2) is 17.3 Å². The van der Waals surface area contributed by atoms with Crippen LogP contribution in [0.5, 0.6) is 11.5 Å². The maximum atomic E-state index is 13.5. The molecule has 186 valence electrons. The molecule has 0 aliphatic rings. The lowest BCUT2D eigenvalue weighted by molar-refractivity contribution is -0.132. The molecule has 0 saturated heterocycles. The Balaban J connectivity index is 1.69. The first-order valence-corrected chi connectivity index (χ1v) is 12.8. The normalized spacial score (nSPS) is 11.5. The lowest BCUT2D eigenvalue weighted by Gasteiger charge is -2.14. The third-order valence-electron chi connectivity index (χ3n) is 5.41. The highest BCUT2D eigenvalue weighted by Gasteiger charge is 2.20. The molecule has 5 aromatic rings. The molecule has 8 nitrogen and oxygen atoms in total. The molecule has 0 aliphatic heterocycles. The molecule has 0 radical (unpaired) electrons. The van der Waals surface area contributed by atoms with Crippen molar-refractivity contribution in [2.45, 2.75) is 13.8 Å². The van der Waals surface area contributed by atoms with E-state index in [1.165, 1.54) is 17.8 Å². The zero-order chi connectivity index (χ0) is 26.1. The Kier molecular flexibility index (Phi) is 6.94. The molecule has 3 aromatic carbocycles. The van der Waals surface area contributed by atoms with E-state index >= 15 is 0 Å². The molecule has 37 heavy (non-hydrogen) atoms. The predicted molar refractivity (Wildman–Crippen MR) is 149 cm³/mol. The molecule has 0 aliphatic carbocycles. The van der Waals surface area contributed by atoms with Crippen molar-refractivity contribution < 1.29 is 18.7 Å². The second-order valence-electron chi connectivity index (χ2n) is 7.91. The number of nitrogens with zero attached hydrogens (tertiary/aromatic N) is 3. The molecule has 0 spiro atoms. The summed E-state index contributed by atoms with van der Waals surface area (Å²) in [5, 5.41) is 5.80. The molecule has 5 rings (SSSR count). The molecule has 2 heterocycles. The minimum atomic E-state index is -0.487. The molecular weight excluding hydrogens is 606 g/mol. The summed E-state index contributed by atoms with van der Waals surface area (Å²) in [5.41, 5.74) is 1.42. The monoisotopic (exact) mass is 623 g/mol. The van der Waals surface area contributed by atoms with E-state index in [1.807, 2.05) is 43.3 Å². The second-order valence-corrected chi connectivity index (χ2v) is 9.50. The maximum Gasteiger partial charge on any atom is 0.308 e. The van der Waals surface area contributed by atoms with Crippen LogP contribution in [0.4, 0.5) is 0 Å². The molecular formula is C27H19Br2N3O5. The highest BCUT2D eigenvalue weighted by atomic mass is 79.9. The lowest BCUT2D eigenvalue weighted by Crippen LogP contribution is -2.20. The Morgan fingerprint density at radius 1 is 1.11 bits per heavy atom. The maximum absolute atomic E-state index is 13.5. The number of hydrogen-bond acceptors (Lipinski definition) is 7. The molecule has 0 amide bonds. The van der Waals surface area contributed by atoms with Gasteiger partial charge >= 0.3 is 5.97 Å². The first kappa shape index (κ1) is 24.9. The number of carbonyl (C=O) groups is 1. The molecule has 0 bridgehead atoms. The van der Waals surface area contributed by atoms with E-state index in [4.69, 9.17) is 18.9 Å². The van der Waals surface area contributed by atoms with E-state index < -0.39 is 5.97 Å². The van der Waals surface area contributed by atoms with E-state index in [9.17, 15) is 9.59 Å². The third-order valence-corrected chi connectivity index (χ3v) is 7.56. The van der Waals surface area contributed by atoms with Crippen molar-refractivity contribution in [2.75, 3.05) is 6.61 Å². The molecule has 10 heteroatoms. The summed E-state index contributed by atoms with van der Waals surface area (Å²) in [6, 6.07) is 18.1. The Bertz CT molecular complexity index is 1720. The van der Waals surface area contributed by atoms with E-state index in [-0.39, 0.29) is 17.1 Å². The molecule has 0 atom stereocenters. The van der Waals surface area contributed by atoms with Crippen LogP contribution in [0, 0.1) is 0 Å². The van der Waals surface area contributed by atoms with E-state index in [2.05, 4.69) is 37.0 Å². The van der Waals surface area contributed by atoms with Crippen LogP contribution in [0.25, 0.3) is 33.5 Å². The average molecular weight is 625 g/mol. The highest BCUT2D eigenvalue weighted by molar-refractivity contribution is 9.13. The van der Waals surface area contributed by atoms with Gasteiger partial charge in [-0.1, -0.05) is 30.3 Å². The smallest absolute Gasteiger partial charge is 0.308 e. The number of esters is 1. The van der Waals surface area contributed by atoms with Gasteiger partial charge in [0, 0.05) is 22.3 Å². The number of para-hydroxylation sites is 2. The summed E-state index contributed by atoms with van der Waals surface area (Å²) in [7, 11) is 0. The van der Waals surface area contributed by atoms with Gasteiger partial charge in [0.25, 0.3) is 5.56 Å². The van der Waals surface area contributed by atoms with E-state index in [1.54, 1.807) is 24.3 Å². The van der Waals surface area contributed by atoms with Crippen molar-refractivity contribution in [3.63, 3.8) is 0 Å². The summed E-state index contributed by atoms with van der Waals surface area (Å²) in [6.45, 7) is 3.48.